The maximum atomic E-state index is 12.7. The number of hydrogen-bond acceptors (Lipinski definition) is 2. The van der Waals surface area contributed by atoms with E-state index >= 15 is 0 Å². The number of carbonyl (C=O) groups is 1. The second kappa shape index (κ2) is 10.9. The second-order valence-electron chi connectivity index (χ2n) is 8.07. The number of imidazole rings is 1. The Morgan fingerprint density at radius 2 is 1.53 bits per heavy atom. The number of ether oxygens (including phenoxy) is 1. The molecule has 0 bridgehead atoms. The van der Waals surface area contributed by atoms with Crippen molar-refractivity contribution in [3.63, 3.8) is 0 Å². The maximum absolute atomic E-state index is 12.7. The summed E-state index contributed by atoms with van der Waals surface area (Å²) in [6, 6.07) is 25.1. The largest absolute Gasteiger partial charge is 1.00 e. The van der Waals surface area contributed by atoms with Crippen LogP contribution in [-0.4, -0.2) is 17.3 Å². The number of halogens is 2. The van der Waals surface area contributed by atoms with Gasteiger partial charge in [-0.05, 0) is 48.2 Å². The Kier molecular flexibility index (Phi) is 8.24. The van der Waals surface area contributed by atoms with E-state index in [1.807, 2.05) is 12.1 Å². The minimum atomic E-state index is -0.387. The van der Waals surface area contributed by atoms with Gasteiger partial charge in [-0.2, -0.15) is 0 Å². The molecule has 5 rings (SSSR count). The van der Waals surface area contributed by atoms with E-state index < -0.39 is 0 Å². The first-order valence-electron chi connectivity index (χ1n) is 11.3. The van der Waals surface area contributed by atoms with Crippen LogP contribution in [0.25, 0.3) is 22.2 Å². The van der Waals surface area contributed by atoms with E-state index in [0.717, 1.165) is 18.9 Å². The molecular formula is C27H29Cl2N3O2. The number of alkyl carbamates (subject to hydrolysis) is 1. The topological polar surface area (TPSA) is 47.1 Å². The van der Waals surface area contributed by atoms with Crippen LogP contribution in [-0.2, 0) is 24.4 Å². The highest BCUT2D eigenvalue weighted by Gasteiger charge is 2.29. The third-order valence-corrected chi connectivity index (χ3v) is 6.45. The molecule has 0 fully saturated rings. The lowest BCUT2D eigenvalue weighted by Crippen LogP contribution is -3.00. The molecule has 7 heteroatoms. The molecule has 1 heterocycles. The van der Waals surface area contributed by atoms with E-state index in [9.17, 15) is 4.79 Å². The minimum Gasteiger partial charge on any atom is -1.00 e. The average Bonchev–Trinajstić information content (AvgIpc) is 3.33. The van der Waals surface area contributed by atoms with Gasteiger partial charge in [0.2, 0.25) is 0 Å². The van der Waals surface area contributed by atoms with E-state index in [2.05, 4.69) is 89.0 Å². The molecule has 1 N–H and O–H groups in total. The van der Waals surface area contributed by atoms with Crippen molar-refractivity contribution in [2.75, 3.05) is 6.61 Å². The summed E-state index contributed by atoms with van der Waals surface area (Å²) in [4.78, 5) is 12.7. The quantitative estimate of drug-likeness (QED) is 0.416. The number of benzene rings is 3. The number of aryl methyl sites for hydroxylation is 2. The normalized spacial score (nSPS) is 11.8. The van der Waals surface area contributed by atoms with Crippen molar-refractivity contribution in [3.05, 3.63) is 89.7 Å². The summed E-state index contributed by atoms with van der Waals surface area (Å²) in [5, 5.41) is 2.98. The molecule has 34 heavy (non-hydrogen) atoms. The second-order valence-corrected chi connectivity index (χ2v) is 8.07. The molecule has 0 saturated heterocycles. The average molecular weight is 498 g/mol. The summed E-state index contributed by atoms with van der Waals surface area (Å²) in [7, 11) is 0. The number of para-hydroxylation sites is 2. The first kappa shape index (κ1) is 25.6. The van der Waals surface area contributed by atoms with Crippen LogP contribution in [0.4, 0.5) is 4.79 Å². The molecular weight excluding hydrogens is 469 g/mol. The summed E-state index contributed by atoms with van der Waals surface area (Å²) >= 11 is 0. The van der Waals surface area contributed by atoms with Gasteiger partial charge in [-0.3, -0.25) is 0 Å². The van der Waals surface area contributed by atoms with Gasteiger partial charge in [0, 0.05) is 5.92 Å². The third-order valence-electron chi connectivity index (χ3n) is 6.45. The van der Waals surface area contributed by atoms with Gasteiger partial charge in [0.15, 0.2) is 11.0 Å². The standard InChI is InChI=1S/C27H27N3O2.2ClH/c1-3-29-24-15-9-10-16-25(24)30(4-2)26(29)17-28-27(31)32-18-23-21-13-7-5-11-19(21)20-12-6-8-14-22(20)23;;/h5-16,23H,3-4,17-18H2,1-2H3;2*1H. The van der Waals surface area contributed by atoms with Gasteiger partial charge in [0.1, 0.15) is 13.2 Å². The van der Waals surface area contributed by atoms with Gasteiger partial charge in [-0.1, -0.05) is 60.7 Å². The SMILES string of the molecule is CCn1c(CNC(=O)OCC2c3ccccc3-c3ccccc32)[n+](CC)c2ccccc21.Cl.[Cl-]. The van der Waals surface area contributed by atoms with Gasteiger partial charge < -0.3 is 22.5 Å². The van der Waals surface area contributed by atoms with Crippen LogP contribution in [0.15, 0.2) is 72.8 Å². The molecule has 0 radical (unpaired) electrons. The first-order chi connectivity index (χ1) is 15.7. The lowest BCUT2D eigenvalue weighted by atomic mass is 9.98. The Bertz CT molecular complexity index is 1220. The molecule has 0 unspecified atom stereocenters. The van der Waals surface area contributed by atoms with Crippen molar-refractivity contribution >= 4 is 29.5 Å². The van der Waals surface area contributed by atoms with Crippen LogP contribution in [0.1, 0.15) is 36.7 Å². The van der Waals surface area contributed by atoms with Gasteiger partial charge in [0.25, 0.3) is 5.82 Å². The molecule has 1 aliphatic carbocycles. The summed E-state index contributed by atoms with van der Waals surface area (Å²) in [6.07, 6.45) is -0.387. The number of amides is 1. The number of nitrogens with zero attached hydrogens (tertiary/aromatic N) is 2. The molecule has 4 aromatic rings. The molecule has 1 aromatic heterocycles. The Hall–Kier alpha value is -3.02. The number of aromatic nitrogens is 2. The van der Waals surface area contributed by atoms with Gasteiger partial charge >= 0.3 is 6.09 Å². The molecule has 1 aliphatic rings. The van der Waals surface area contributed by atoms with Crippen molar-refractivity contribution < 1.29 is 26.5 Å². The Balaban J connectivity index is 0.00000162. The molecule has 0 aliphatic heterocycles. The van der Waals surface area contributed by atoms with E-state index in [4.69, 9.17) is 4.74 Å². The Labute approximate surface area is 212 Å². The fraction of sp³-hybridized carbons (Fsp3) is 0.259. The first-order valence-corrected chi connectivity index (χ1v) is 11.3. The zero-order chi connectivity index (χ0) is 22.1. The van der Waals surface area contributed by atoms with Crippen molar-refractivity contribution in [1.82, 2.24) is 9.88 Å². The van der Waals surface area contributed by atoms with Crippen molar-refractivity contribution in [1.29, 1.82) is 0 Å². The van der Waals surface area contributed by atoms with Crippen molar-refractivity contribution in [2.24, 2.45) is 0 Å². The molecule has 0 saturated carbocycles. The monoisotopic (exact) mass is 497 g/mol. The number of hydrogen-bond donors (Lipinski definition) is 1. The predicted octanol–water partition coefficient (Wildman–Crippen LogP) is 2.43. The maximum Gasteiger partial charge on any atom is 0.407 e. The number of rotatable bonds is 6. The lowest BCUT2D eigenvalue weighted by Gasteiger charge is -2.14. The molecule has 0 spiro atoms. The lowest BCUT2D eigenvalue weighted by molar-refractivity contribution is -0.676. The smallest absolute Gasteiger partial charge is 0.407 e. The number of nitrogens with one attached hydrogen (secondary N) is 1. The number of carbonyl (C=O) groups excluding carboxylic acids is 1. The fourth-order valence-corrected chi connectivity index (χ4v) is 5.04. The molecule has 3 aromatic carbocycles. The summed E-state index contributed by atoms with van der Waals surface area (Å²) < 4.78 is 10.2. The van der Waals surface area contributed by atoms with Gasteiger partial charge in [-0.25, -0.2) is 13.9 Å². The van der Waals surface area contributed by atoms with E-state index in [0.29, 0.717) is 13.2 Å². The third kappa shape index (κ3) is 4.38. The highest BCUT2D eigenvalue weighted by atomic mass is 35.5. The van der Waals surface area contributed by atoms with Crippen LogP contribution < -0.4 is 22.3 Å². The highest BCUT2D eigenvalue weighted by molar-refractivity contribution is 5.85. The molecule has 0 atom stereocenters. The highest BCUT2D eigenvalue weighted by Crippen LogP contribution is 2.44. The van der Waals surface area contributed by atoms with Crippen LogP contribution in [0, 0.1) is 0 Å². The van der Waals surface area contributed by atoms with Crippen LogP contribution >= 0.6 is 12.4 Å². The molecule has 178 valence electrons. The van der Waals surface area contributed by atoms with Crippen molar-refractivity contribution in [2.45, 2.75) is 39.4 Å². The van der Waals surface area contributed by atoms with Crippen LogP contribution in [0.5, 0.6) is 0 Å². The predicted molar refractivity (Wildman–Crippen MR) is 133 cm³/mol. The zero-order valence-electron chi connectivity index (χ0n) is 19.3. The molecule has 1 amide bonds. The van der Waals surface area contributed by atoms with E-state index in [1.165, 1.54) is 33.3 Å². The Morgan fingerprint density at radius 1 is 0.941 bits per heavy atom. The zero-order valence-corrected chi connectivity index (χ0v) is 20.9. The van der Waals surface area contributed by atoms with Crippen LogP contribution in [0.3, 0.4) is 0 Å². The molecule has 5 nitrogen and oxygen atoms in total. The van der Waals surface area contributed by atoms with E-state index in [-0.39, 0.29) is 36.8 Å². The number of fused-ring (bicyclic) bond motifs is 4. The van der Waals surface area contributed by atoms with Gasteiger partial charge in [0.05, 0.1) is 13.1 Å². The summed E-state index contributed by atoms with van der Waals surface area (Å²) in [5.74, 6) is 1.14. The fourth-order valence-electron chi connectivity index (χ4n) is 5.04. The van der Waals surface area contributed by atoms with Gasteiger partial charge in [-0.15, -0.1) is 12.4 Å². The van der Waals surface area contributed by atoms with Crippen molar-refractivity contribution in [3.8, 4) is 11.1 Å². The summed E-state index contributed by atoms with van der Waals surface area (Å²) in [5.41, 5.74) is 7.26. The summed E-state index contributed by atoms with van der Waals surface area (Å²) in [6.45, 7) is 6.69. The van der Waals surface area contributed by atoms with Crippen LogP contribution in [0.2, 0.25) is 0 Å². The van der Waals surface area contributed by atoms with E-state index in [1.54, 1.807) is 0 Å². The Morgan fingerprint density at radius 3 is 2.15 bits per heavy atom. The minimum absolute atomic E-state index is 0.